The molecule has 0 N–H and O–H groups in total. The topological polar surface area (TPSA) is 245 Å². The van der Waals surface area contributed by atoms with E-state index in [4.69, 9.17) is 0 Å². The van der Waals surface area contributed by atoms with Crippen molar-refractivity contribution in [1.82, 2.24) is 9.97 Å². The van der Waals surface area contributed by atoms with E-state index < -0.39 is 53.1 Å². The molecule has 0 aliphatic rings. The van der Waals surface area contributed by atoms with E-state index in [-0.39, 0.29) is 139 Å². The minimum Gasteiger partial charge on any atom is -0.744 e. The number of azo groups is 1. The van der Waals surface area contributed by atoms with E-state index in [1.807, 2.05) is 0 Å². The number of benzene rings is 4. The summed E-state index contributed by atoms with van der Waals surface area (Å²) in [7, 11) is -10.3. The zero-order valence-electron chi connectivity index (χ0n) is 26.4. The summed E-state index contributed by atoms with van der Waals surface area (Å²) in [4.78, 5) is 29.6. The quantitative estimate of drug-likeness (QED) is 0.0794. The predicted octanol–water partition coefficient (Wildman–Crippen LogP) is -8.79. The van der Waals surface area contributed by atoms with Gasteiger partial charge in [0.15, 0.2) is 0 Å². The second-order valence-corrected chi connectivity index (χ2v) is 14.0. The van der Waals surface area contributed by atoms with Crippen molar-refractivity contribution in [2.45, 2.75) is 9.79 Å². The number of fused-ring (bicyclic) bond motifs is 2. The number of thiazole rings is 2. The molecule has 0 fully saturated rings. The molecule has 0 aliphatic carbocycles. The van der Waals surface area contributed by atoms with Crippen LogP contribution in [0.2, 0.25) is 0 Å². The number of carboxylic acid groups (broad SMARTS) is 2. The fourth-order valence-electron chi connectivity index (χ4n) is 4.46. The number of carbonyl (C=O) groups excluding carboxylic acids is 2. The maximum atomic E-state index is 11.8. The Hall–Kier alpha value is -0.980. The van der Waals surface area contributed by atoms with Crippen LogP contribution in [-0.4, -0.2) is 47.8 Å². The SMILES string of the molecule is O=C([O-])c1ccc2nc(-c3ccc(N=Nc4ccc(-c5nc6ccc(C(=O)[O-])c(S(=O)(=O)[O-])c6s5)cc4)cc3)sc2c1S(=O)(=O)[O-].[Na+].[Na+].[Na+].[Na+]. The third kappa shape index (κ3) is 9.57. The molecule has 0 bridgehead atoms. The van der Waals surface area contributed by atoms with Gasteiger partial charge in [0.1, 0.15) is 30.3 Å². The number of nitrogens with zero attached hydrogens (tertiary/aromatic N) is 4. The van der Waals surface area contributed by atoms with Gasteiger partial charge in [0, 0.05) is 22.3 Å². The van der Waals surface area contributed by atoms with Gasteiger partial charge in [0.05, 0.1) is 53.5 Å². The van der Waals surface area contributed by atoms with Gasteiger partial charge >= 0.3 is 118 Å². The van der Waals surface area contributed by atoms with Crippen molar-refractivity contribution >= 4 is 86.7 Å². The molecule has 4 aromatic carbocycles. The summed E-state index contributed by atoms with van der Waals surface area (Å²) in [5, 5.41) is 31.8. The molecule has 50 heavy (non-hydrogen) atoms. The molecule has 14 nitrogen and oxygen atoms in total. The molecular formula is C28H12N4Na4O10S4. The van der Waals surface area contributed by atoms with Crippen LogP contribution < -0.4 is 128 Å². The Morgan fingerprint density at radius 3 is 1.14 bits per heavy atom. The predicted molar refractivity (Wildman–Crippen MR) is 159 cm³/mol. The molecule has 0 aliphatic heterocycles. The molecule has 22 heteroatoms. The largest absolute Gasteiger partial charge is 1.00 e. The van der Waals surface area contributed by atoms with Crippen LogP contribution in [0.3, 0.4) is 0 Å². The first-order chi connectivity index (χ1) is 21.7. The normalized spacial score (nSPS) is 11.3. The molecule has 2 aromatic heterocycles. The van der Waals surface area contributed by atoms with Crippen LogP contribution >= 0.6 is 22.7 Å². The summed E-state index contributed by atoms with van der Waals surface area (Å²) in [6, 6.07) is 17.5. The molecule has 6 aromatic rings. The van der Waals surface area contributed by atoms with Crippen LogP contribution in [-0.2, 0) is 20.2 Å². The van der Waals surface area contributed by atoms with Crippen molar-refractivity contribution in [2.24, 2.45) is 10.2 Å². The van der Waals surface area contributed by atoms with Crippen molar-refractivity contribution < 1.29 is 164 Å². The number of rotatable bonds is 8. The van der Waals surface area contributed by atoms with Crippen LogP contribution in [0.15, 0.2) is 92.8 Å². The molecular weight excluding hydrogens is 773 g/mol. The maximum Gasteiger partial charge on any atom is 1.00 e. The first-order valence-corrected chi connectivity index (χ1v) is 17.0. The van der Waals surface area contributed by atoms with Crippen LogP contribution in [0.4, 0.5) is 11.4 Å². The maximum absolute atomic E-state index is 11.8. The van der Waals surface area contributed by atoms with Gasteiger partial charge < -0.3 is 28.9 Å². The van der Waals surface area contributed by atoms with Gasteiger partial charge in [-0.2, -0.15) is 10.2 Å². The summed E-state index contributed by atoms with van der Waals surface area (Å²) >= 11 is 1.68. The third-order valence-electron chi connectivity index (χ3n) is 6.47. The Bertz CT molecular complexity index is 2320. The van der Waals surface area contributed by atoms with E-state index in [0.717, 1.165) is 34.8 Å². The van der Waals surface area contributed by atoms with Crippen molar-refractivity contribution in [3.63, 3.8) is 0 Å². The summed E-state index contributed by atoms with van der Waals surface area (Å²) in [5.74, 6) is -3.60. The van der Waals surface area contributed by atoms with Gasteiger partial charge in [0.25, 0.3) is 0 Å². The zero-order chi connectivity index (χ0) is 33.0. The first kappa shape index (κ1) is 45.2. The Labute approximate surface area is 380 Å². The number of carbonyl (C=O) groups is 2. The van der Waals surface area contributed by atoms with E-state index in [1.54, 1.807) is 48.5 Å². The zero-order valence-corrected chi connectivity index (χ0v) is 37.7. The summed E-state index contributed by atoms with van der Waals surface area (Å²) in [5.41, 5.74) is 0.768. The van der Waals surface area contributed by atoms with E-state index in [2.05, 4.69) is 20.2 Å². The van der Waals surface area contributed by atoms with Crippen LogP contribution in [0.5, 0.6) is 0 Å². The Balaban J connectivity index is 0.00000217. The molecule has 0 atom stereocenters. The standard InChI is InChI=1S/C28H16N4O10S4.4Na/c33-27(34)17-9-11-19-21(23(17)45(37,38)39)43-25(29-19)13-1-5-15(6-2-13)31-32-16-7-3-14(4-8-16)26-30-20-12-10-18(28(35)36)24(22(20)44-26)46(40,41)42;;;;/h1-12H,(H,33,34)(H,35,36)(H,37,38,39)(H,40,41,42);;;;/q;4*+1/p-4. The molecule has 2 heterocycles. The van der Waals surface area contributed by atoms with Crippen LogP contribution in [0.25, 0.3) is 41.6 Å². The van der Waals surface area contributed by atoms with E-state index >= 15 is 0 Å². The van der Waals surface area contributed by atoms with E-state index in [0.29, 0.717) is 32.5 Å². The number of hydrogen-bond donors (Lipinski definition) is 0. The Morgan fingerprint density at radius 1 is 0.540 bits per heavy atom. The molecule has 232 valence electrons. The number of aromatic nitrogens is 2. The molecule has 0 unspecified atom stereocenters. The third-order valence-corrected chi connectivity index (χ3v) is 10.9. The monoisotopic (exact) mass is 784 g/mol. The molecule has 0 saturated heterocycles. The van der Waals surface area contributed by atoms with Gasteiger partial charge in [-0.3, -0.25) is 0 Å². The minimum absolute atomic E-state index is 0. The van der Waals surface area contributed by atoms with E-state index in [9.17, 15) is 45.7 Å². The first-order valence-electron chi connectivity index (χ1n) is 12.5. The molecule has 6 rings (SSSR count). The van der Waals surface area contributed by atoms with Crippen LogP contribution in [0, 0.1) is 0 Å². The Morgan fingerprint density at radius 2 is 0.860 bits per heavy atom. The minimum atomic E-state index is -5.14. The average Bonchev–Trinajstić information content (AvgIpc) is 3.63. The average molecular weight is 785 g/mol. The van der Waals surface area contributed by atoms with Crippen molar-refractivity contribution in [3.8, 4) is 21.1 Å². The van der Waals surface area contributed by atoms with Crippen molar-refractivity contribution in [2.75, 3.05) is 0 Å². The van der Waals surface area contributed by atoms with Crippen molar-refractivity contribution in [3.05, 3.63) is 83.9 Å². The van der Waals surface area contributed by atoms with Gasteiger partial charge in [-0.25, -0.2) is 26.8 Å². The second-order valence-electron chi connectivity index (χ2n) is 9.40. The smallest absolute Gasteiger partial charge is 0.744 e. The molecule has 0 radical (unpaired) electrons. The summed E-state index contributed by atoms with van der Waals surface area (Å²) in [6.07, 6.45) is 0. The fourth-order valence-corrected chi connectivity index (χ4v) is 8.85. The van der Waals surface area contributed by atoms with E-state index in [1.165, 1.54) is 12.1 Å². The van der Waals surface area contributed by atoms with Crippen LogP contribution in [0.1, 0.15) is 20.7 Å². The van der Waals surface area contributed by atoms with Gasteiger partial charge in [-0.1, -0.05) is 0 Å². The number of hydrogen-bond acceptors (Lipinski definition) is 16. The Kier molecular flexibility index (Phi) is 16.2. The summed E-state index contributed by atoms with van der Waals surface area (Å²) in [6.45, 7) is 0. The molecule has 0 spiro atoms. The summed E-state index contributed by atoms with van der Waals surface area (Å²) < 4.78 is 70.7. The number of aromatic carboxylic acids is 2. The van der Waals surface area contributed by atoms with Crippen molar-refractivity contribution in [1.29, 1.82) is 0 Å². The number of carboxylic acids is 2. The van der Waals surface area contributed by atoms with Gasteiger partial charge in [0.2, 0.25) is 0 Å². The fraction of sp³-hybridized carbons (Fsp3) is 0. The van der Waals surface area contributed by atoms with Gasteiger partial charge in [-0.05, 0) is 72.8 Å². The molecule has 0 amide bonds. The van der Waals surface area contributed by atoms with Gasteiger partial charge in [-0.15, -0.1) is 22.7 Å². The second kappa shape index (κ2) is 17.9. The molecule has 0 saturated carbocycles.